The van der Waals surface area contributed by atoms with Crippen LogP contribution in [0.25, 0.3) is 0 Å². The van der Waals surface area contributed by atoms with Gasteiger partial charge in [0.15, 0.2) is 0 Å². The lowest BCUT2D eigenvalue weighted by Crippen LogP contribution is -2.53. The van der Waals surface area contributed by atoms with Crippen LogP contribution >= 0.6 is 0 Å². The molecule has 0 N–H and O–H groups in total. The van der Waals surface area contributed by atoms with Crippen LogP contribution in [0.1, 0.15) is 12.5 Å². The topological polar surface area (TPSA) is 100 Å². The first kappa shape index (κ1) is 20.1. The number of sulfonamides is 1. The fourth-order valence-electron chi connectivity index (χ4n) is 2.59. The van der Waals surface area contributed by atoms with Gasteiger partial charge in [-0.1, -0.05) is 0 Å². The molecule has 1 fully saturated rings. The molecule has 26 heavy (non-hydrogen) atoms. The Hall–Kier alpha value is -2.20. The summed E-state index contributed by atoms with van der Waals surface area (Å²) in [6.07, 6.45) is 3.84. The third-order valence-electron chi connectivity index (χ3n) is 4.05. The number of hydrogen-bond donors (Lipinski definition) is 0. The predicted molar refractivity (Wildman–Crippen MR) is 94.7 cm³/mol. The molecular formula is C16H24N4O5S. The van der Waals surface area contributed by atoms with Gasteiger partial charge in [0, 0.05) is 45.1 Å². The summed E-state index contributed by atoms with van der Waals surface area (Å²) in [7, 11) is -3.55. The average molecular weight is 384 g/mol. The van der Waals surface area contributed by atoms with Crippen molar-refractivity contribution in [1.82, 2.24) is 19.1 Å². The number of nitrogens with zero attached hydrogens (tertiary/aromatic N) is 4. The maximum absolute atomic E-state index is 12.5. The highest BCUT2D eigenvalue weighted by atomic mass is 32.2. The molecule has 0 bridgehead atoms. The molecule has 9 nitrogen and oxygen atoms in total. The molecule has 2 amide bonds. The molecule has 1 aliphatic rings. The van der Waals surface area contributed by atoms with Gasteiger partial charge in [-0.3, -0.25) is 9.78 Å². The van der Waals surface area contributed by atoms with E-state index in [1.807, 2.05) is 0 Å². The van der Waals surface area contributed by atoms with Gasteiger partial charge < -0.3 is 14.5 Å². The maximum Gasteiger partial charge on any atom is 0.409 e. The van der Waals surface area contributed by atoms with Gasteiger partial charge in [0.2, 0.25) is 15.9 Å². The minimum absolute atomic E-state index is 0.107. The van der Waals surface area contributed by atoms with Crippen LogP contribution in [0.2, 0.25) is 0 Å². The zero-order valence-electron chi connectivity index (χ0n) is 15.0. The van der Waals surface area contributed by atoms with E-state index >= 15 is 0 Å². The SMILES string of the molecule is CCOC(=O)N1CCN(C(=O)CN(Cc2ccncc2)S(C)(=O)=O)CC1. The molecule has 10 heteroatoms. The quantitative estimate of drug-likeness (QED) is 0.692. The summed E-state index contributed by atoms with van der Waals surface area (Å²) in [5.41, 5.74) is 0.755. The Balaban J connectivity index is 1.95. The van der Waals surface area contributed by atoms with Crippen LogP contribution in [0.15, 0.2) is 24.5 Å². The second-order valence-electron chi connectivity index (χ2n) is 5.95. The van der Waals surface area contributed by atoms with Crippen LogP contribution < -0.4 is 0 Å². The van der Waals surface area contributed by atoms with Crippen LogP contribution in [0.4, 0.5) is 4.79 Å². The molecule has 1 aliphatic heterocycles. The van der Waals surface area contributed by atoms with Crippen LogP contribution in [0, 0.1) is 0 Å². The molecule has 0 unspecified atom stereocenters. The zero-order chi connectivity index (χ0) is 19.2. The highest BCUT2D eigenvalue weighted by Gasteiger charge is 2.28. The molecule has 1 saturated heterocycles. The lowest BCUT2D eigenvalue weighted by molar-refractivity contribution is -0.133. The summed E-state index contributed by atoms with van der Waals surface area (Å²) < 4.78 is 30.2. The van der Waals surface area contributed by atoms with Gasteiger partial charge in [-0.05, 0) is 24.6 Å². The molecule has 0 radical (unpaired) electrons. The van der Waals surface area contributed by atoms with Crippen LogP contribution in [-0.4, -0.2) is 85.1 Å². The molecule has 0 saturated carbocycles. The molecule has 144 valence electrons. The fourth-order valence-corrected chi connectivity index (χ4v) is 3.31. The molecule has 2 heterocycles. The summed E-state index contributed by atoms with van der Waals surface area (Å²) in [4.78, 5) is 31.2. The van der Waals surface area contributed by atoms with E-state index in [0.29, 0.717) is 32.8 Å². The molecule has 0 spiro atoms. The van der Waals surface area contributed by atoms with Crippen molar-refractivity contribution < 1.29 is 22.7 Å². The van der Waals surface area contributed by atoms with Crippen molar-refractivity contribution in [3.8, 4) is 0 Å². The van der Waals surface area contributed by atoms with Crippen molar-refractivity contribution in [1.29, 1.82) is 0 Å². The highest BCUT2D eigenvalue weighted by molar-refractivity contribution is 7.88. The van der Waals surface area contributed by atoms with Gasteiger partial charge in [-0.2, -0.15) is 4.31 Å². The standard InChI is InChI=1S/C16H24N4O5S/c1-3-25-16(22)19-10-8-18(9-11-19)15(21)13-20(26(2,23)24)12-14-4-6-17-7-5-14/h4-7H,3,8-13H2,1-2H3. The number of rotatable bonds is 6. The molecular weight excluding hydrogens is 360 g/mol. The number of carbonyl (C=O) groups is 2. The van der Waals surface area contributed by atoms with Crippen molar-refractivity contribution in [3.63, 3.8) is 0 Å². The minimum atomic E-state index is -3.55. The van der Waals surface area contributed by atoms with Gasteiger partial charge in [0.25, 0.3) is 0 Å². The third kappa shape index (κ3) is 5.67. The van der Waals surface area contributed by atoms with E-state index in [1.54, 1.807) is 41.2 Å². The minimum Gasteiger partial charge on any atom is -0.450 e. The van der Waals surface area contributed by atoms with Gasteiger partial charge in [-0.15, -0.1) is 0 Å². The van der Waals surface area contributed by atoms with Crippen molar-refractivity contribution in [2.24, 2.45) is 0 Å². The number of ether oxygens (including phenoxy) is 1. The molecule has 0 aliphatic carbocycles. The Morgan fingerprint density at radius 3 is 2.27 bits per heavy atom. The zero-order valence-corrected chi connectivity index (χ0v) is 15.8. The Kier molecular flexibility index (Phi) is 6.92. The summed E-state index contributed by atoms with van der Waals surface area (Å²) >= 11 is 0. The van der Waals surface area contributed by atoms with E-state index < -0.39 is 16.1 Å². The summed E-state index contributed by atoms with van der Waals surface area (Å²) in [5.74, 6) is -0.284. The smallest absolute Gasteiger partial charge is 0.409 e. The second-order valence-corrected chi connectivity index (χ2v) is 7.94. The first-order chi connectivity index (χ1) is 12.3. The van der Waals surface area contributed by atoms with E-state index in [-0.39, 0.29) is 19.0 Å². The molecule has 0 aromatic carbocycles. The number of aromatic nitrogens is 1. The van der Waals surface area contributed by atoms with Gasteiger partial charge >= 0.3 is 6.09 Å². The van der Waals surface area contributed by atoms with Gasteiger partial charge in [0.05, 0.1) is 19.4 Å². The Labute approximate surface area is 153 Å². The monoisotopic (exact) mass is 384 g/mol. The lowest BCUT2D eigenvalue weighted by atomic mass is 10.2. The summed E-state index contributed by atoms with van der Waals surface area (Å²) in [6.45, 7) is 3.35. The van der Waals surface area contributed by atoms with Crippen LogP contribution in [-0.2, 0) is 26.1 Å². The van der Waals surface area contributed by atoms with Gasteiger partial charge in [-0.25, -0.2) is 13.2 Å². The Morgan fingerprint density at radius 2 is 1.73 bits per heavy atom. The first-order valence-electron chi connectivity index (χ1n) is 8.34. The van der Waals surface area contributed by atoms with Crippen LogP contribution in [0.3, 0.4) is 0 Å². The Morgan fingerprint density at radius 1 is 1.15 bits per heavy atom. The van der Waals surface area contributed by atoms with E-state index in [4.69, 9.17) is 4.74 Å². The molecule has 0 atom stereocenters. The number of carbonyl (C=O) groups excluding carboxylic acids is 2. The maximum atomic E-state index is 12.5. The van der Waals surface area contributed by atoms with Crippen molar-refractivity contribution in [2.75, 3.05) is 45.6 Å². The van der Waals surface area contributed by atoms with Crippen molar-refractivity contribution in [3.05, 3.63) is 30.1 Å². The second kappa shape index (κ2) is 8.95. The molecule has 2 rings (SSSR count). The fraction of sp³-hybridized carbons (Fsp3) is 0.562. The lowest BCUT2D eigenvalue weighted by Gasteiger charge is -2.35. The summed E-state index contributed by atoms with van der Waals surface area (Å²) in [5, 5.41) is 0. The molecule has 1 aromatic heterocycles. The van der Waals surface area contributed by atoms with Crippen molar-refractivity contribution >= 4 is 22.0 Å². The number of hydrogen-bond acceptors (Lipinski definition) is 6. The predicted octanol–water partition coefficient (Wildman–Crippen LogP) is 0.144. The highest BCUT2D eigenvalue weighted by Crippen LogP contribution is 2.10. The number of piperazine rings is 1. The number of amides is 2. The largest absolute Gasteiger partial charge is 0.450 e. The Bertz CT molecular complexity index is 717. The first-order valence-corrected chi connectivity index (χ1v) is 10.2. The van der Waals surface area contributed by atoms with E-state index in [0.717, 1.165) is 16.1 Å². The van der Waals surface area contributed by atoms with Crippen molar-refractivity contribution in [2.45, 2.75) is 13.5 Å². The number of pyridine rings is 1. The summed E-state index contributed by atoms with van der Waals surface area (Å²) in [6, 6.07) is 3.42. The van der Waals surface area contributed by atoms with E-state index in [9.17, 15) is 18.0 Å². The van der Waals surface area contributed by atoms with E-state index in [2.05, 4.69) is 4.98 Å². The van der Waals surface area contributed by atoms with Crippen LogP contribution in [0.5, 0.6) is 0 Å². The van der Waals surface area contributed by atoms with E-state index in [1.165, 1.54) is 0 Å². The molecule has 1 aromatic rings. The third-order valence-corrected chi connectivity index (χ3v) is 5.24. The average Bonchev–Trinajstić information content (AvgIpc) is 2.61. The van der Waals surface area contributed by atoms with Gasteiger partial charge in [0.1, 0.15) is 0 Å². The normalized spacial score (nSPS) is 15.2.